The third-order valence-electron chi connectivity index (χ3n) is 13.5. The van der Waals surface area contributed by atoms with Crippen molar-refractivity contribution < 1.29 is 32.6 Å². The molecule has 1 saturated carbocycles. The van der Waals surface area contributed by atoms with E-state index in [0.29, 0.717) is 24.9 Å². The molecule has 1 aliphatic carbocycles. The lowest BCUT2D eigenvalue weighted by molar-refractivity contribution is -0.255. The molecule has 7 atom stereocenters. The molecule has 0 aromatic heterocycles. The summed E-state index contributed by atoms with van der Waals surface area (Å²) in [7, 11) is -4.00. The van der Waals surface area contributed by atoms with Crippen LogP contribution in [0.15, 0.2) is 132 Å². The van der Waals surface area contributed by atoms with Gasteiger partial charge in [-0.05, 0) is 111 Å². The van der Waals surface area contributed by atoms with Crippen molar-refractivity contribution in [3.63, 3.8) is 0 Å². The maximum absolute atomic E-state index is 13.9. The Hall–Kier alpha value is -5.21. The first-order chi connectivity index (χ1) is 32.2. The van der Waals surface area contributed by atoms with Crippen LogP contribution in [0.3, 0.4) is 0 Å². The zero-order chi connectivity index (χ0) is 47.1. The van der Waals surface area contributed by atoms with Crippen LogP contribution < -0.4 is 15.4 Å². The fraction of sp³-hybridized carbons (Fsp3) is 0.418. The van der Waals surface area contributed by atoms with Crippen LogP contribution in [0.25, 0.3) is 11.1 Å². The highest BCUT2D eigenvalue weighted by Crippen LogP contribution is 2.42. The lowest BCUT2D eigenvalue weighted by Gasteiger charge is -2.50. The molecule has 2 aliphatic heterocycles. The van der Waals surface area contributed by atoms with E-state index in [2.05, 4.69) is 20.3 Å². The van der Waals surface area contributed by atoms with Gasteiger partial charge in [-0.25, -0.2) is 8.42 Å². The van der Waals surface area contributed by atoms with Crippen LogP contribution in [0.5, 0.6) is 0 Å². The molecular weight excluding hydrogens is 861 g/mol. The lowest BCUT2D eigenvalue weighted by Crippen LogP contribution is -2.61. The Balaban J connectivity index is 1.01. The molecule has 354 valence electrons. The Labute approximate surface area is 396 Å². The number of piperidine rings is 1. The molecule has 12 heteroatoms. The first-order valence-electron chi connectivity index (χ1n) is 23.9. The van der Waals surface area contributed by atoms with Crippen LogP contribution >= 0.6 is 0 Å². The van der Waals surface area contributed by atoms with E-state index in [1.807, 2.05) is 131 Å². The standard InChI is InChI=1S/C55H66N4O7S/c1-37-18-29-46(30-19-37)67(63,64)58-48(32-38-12-6-5-7-13-38)52(61)56-34-44-15-8-10-16-47(44)40-24-26-43(27-25-40)54-65-45(33-51(66-54)42-22-20-39(36-60)21-23-42)35-59-49-17-11-9-14-41(49)28-31-50(59)53(62)57-55(2,3)4/h5-8,10,12-13,15-16,18-27,29-30,41,45,48-51,54,58,60H,9,11,14,17,28,31-36H2,1-4H3,(H,56,61)(H,57,62)/t41-,45+,48-,49-,50-,51-,54-/m1/s1. The summed E-state index contributed by atoms with van der Waals surface area (Å²) in [6, 6.07) is 38.9. The molecule has 4 N–H and O–H groups in total. The predicted molar refractivity (Wildman–Crippen MR) is 261 cm³/mol. The SMILES string of the molecule is Cc1ccc(S(=O)(=O)N[C@H](Cc2ccccc2)C(=O)NCc2ccccc2-c2ccc([C@@H]3O[C@H](CN4[C@@H](C(=O)NC(C)(C)C)CC[C@H]5CCCC[C@H]54)C[C@H](c4ccc(CO)cc4)O3)cc2)cc1. The van der Waals surface area contributed by atoms with Gasteiger partial charge < -0.3 is 25.2 Å². The van der Waals surface area contributed by atoms with E-state index in [9.17, 15) is 23.1 Å². The van der Waals surface area contributed by atoms with Gasteiger partial charge in [0.15, 0.2) is 6.29 Å². The highest BCUT2D eigenvalue weighted by molar-refractivity contribution is 7.89. The van der Waals surface area contributed by atoms with Gasteiger partial charge in [0.05, 0.1) is 29.8 Å². The summed E-state index contributed by atoms with van der Waals surface area (Å²) in [5.74, 6) is 0.221. The second-order valence-corrected chi connectivity index (χ2v) is 21.4. The van der Waals surface area contributed by atoms with Crippen LogP contribution in [-0.4, -0.2) is 66.6 Å². The molecule has 0 bridgehead atoms. The fourth-order valence-corrected chi connectivity index (χ4v) is 11.3. The molecule has 11 nitrogen and oxygen atoms in total. The number of ether oxygens (including phenoxy) is 2. The minimum atomic E-state index is -4.00. The molecule has 5 aromatic rings. The monoisotopic (exact) mass is 926 g/mol. The highest BCUT2D eigenvalue weighted by Gasteiger charge is 2.44. The van der Waals surface area contributed by atoms with Gasteiger partial charge in [0.25, 0.3) is 0 Å². The second kappa shape index (κ2) is 21.4. The number of hydrogen-bond acceptors (Lipinski definition) is 8. The van der Waals surface area contributed by atoms with Crippen LogP contribution in [0.1, 0.15) is 111 Å². The van der Waals surface area contributed by atoms with Crippen molar-refractivity contribution in [1.29, 1.82) is 0 Å². The molecule has 0 unspecified atom stereocenters. The highest BCUT2D eigenvalue weighted by atomic mass is 32.2. The topological polar surface area (TPSA) is 146 Å². The number of amides is 2. The van der Waals surface area contributed by atoms with Gasteiger partial charge in [-0.1, -0.05) is 134 Å². The second-order valence-electron chi connectivity index (χ2n) is 19.7. The number of fused-ring (bicyclic) bond motifs is 1. The molecule has 2 amide bonds. The van der Waals surface area contributed by atoms with E-state index in [1.54, 1.807) is 24.3 Å². The Morgan fingerprint density at radius 3 is 2.18 bits per heavy atom. The lowest BCUT2D eigenvalue weighted by atomic mass is 9.75. The molecule has 3 aliphatic rings. The van der Waals surface area contributed by atoms with Gasteiger partial charge in [0, 0.05) is 36.7 Å². The maximum atomic E-state index is 13.9. The van der Waals surface area contributed by atoms with Crippen molar-refractivity contribution in [2.45, 2.75) is 139 Å². The molecule has 2 saturated heterocycles. The third kappa shape index (κ3) is 12.3. The molecule has 0 radical (unpaired) electrons. The summed E-state index contributed by atoms with van der Waals surface area (Å²) in [5, 5.41) is 16.1. The number of aliphatic hydroxyl groups is 1. The average molecular weight is 927 g/mol. The maximum Gasteiger partial charge on any atom is 0.241 e. The number of benzene rings is 5. The molecule has 2 heterocycles. The summed E-state index contributed by atoms with van der Waals surface area (Å²) in [6.07, 6.45) is 6.18. The van der Waals surface area contributed by atoms with Crippen LogP contribution in [0, 0.1) is 12.8 Å². The normalized spacial score (nSPS) is 22.9. The molecule has 0 spiro atoms. The van der Waals surface area contributed by atoms with E-state index in [4.69, 9.17) is 9.47 Å². The number of aryl methyl sites for hydroxylation is 1. The molecule has 8 rings (SSSR count). The van der Waals surface area contributed by atoms with E-state index in [0.717, 1.165) is 70.2 Å². The van der Waals surface area contributed by atoms with Crippen LogP contribution in [0.2, 0.25) is 0 Å². The number of nitrogens with one attached hydrogen (secondary N) is 3. The number of sulfonamides is 1. The van der Waals surface area contributed by atoms with Crippen molar-refractivity contribution >= 4 is 21.8 Å². The van der Waals surface area contributed by atoms with Gasteiger partial charge in [-0.2, -0.15) is 4.72 Å². The van der Waals surface area contributed by atoms with Gasteiger partial charge in [-0.3, -0.25) is 14.5 Å². The Bertz CT molecular complexity index is 2550. The number of aliphatic hydroxyl groups excluding tert-OH is 1. The van der Waals surface area contributed by atoms with E-state index in [-0.39, 0.29) is 54.2 Å². The van der Waals surface area contributed by atoms with Gasteiger partial charge in [0.2, 0.25) is 21.8 Å². The van der Waals surface area contributed by atoms with Gasteiger partial charge >= 0.3 is 0 Å². The molecule has 3 fully saturated rings. The summed E-state index contributed by atoms with van der Waals surface area (Å²) in [6.45, 7) is 8.75. The van der Waals surface area contributed by atoms with Gasteiger partial charge in [-0.15, -0.1) is 0 Å². The van der Waals surface area contributed by atoms with Crippen LogP contribution in [-0.2, 0) is 48.7 Å². The Morgan fingerprint density at radius 2 is 1.46 bits per heavy atom. The number of rotatable bonds is 15. The zero-order valence-corrected chi connectivity index (χ0v) is 40.0. The largest absolute Gasteiger partial charge is 0.392 e. The van der Waals surface area contributed by atoms with Crippen molar-refractivity contribution in [1.82, 2.24) is 20.3 Å². The minimum Gasteiger partial charge on any atom is -0.392 e. The van der Waals surface area contributed by atoms with Crippen molar-refractivity contribution in [2.24, 2.45) is 5.92 Å². The summed E-state index contributed by atoms with van der Waals surface area (Å²) < 4.78 is 43.4. The average Bonchev–Trinajstić information content (AvgIpc) is 3.33. The predicted octanol–water partition coefficient (Wildman–Crippen LogP) is 8.84. The summed E-state index contributed by atoms with van der Waals surface area (Å²) in [5.41, 5.74) is 6.85. The Kier molecular flexibility index (Phi) is 15.4. The molecule has 5 aromatic carbocycles. The Morgan fingerprint density at radius 1 is 0.776 bits per heavy atom. The first-order valence-corrected chi connectivity index (χ1v) is 25.4. The number of carbonyl (C=O) groups is 2. The number of likely N-dealkylation sites (tertiary alicyclic amines) is 1. The fourth-order valence-electron chi connectivity index (χ4n) is 10.1. The van der Waals surface area contributed by atoms with Crippen molar-refractivity contribution in [3.8, 4) is 11.1 Å². The third-order valence-corrected chi connectivity index (χ3v) is 15.0. The van der Waals surface area contributed by atoms with Crippen LogP contribution in [0.4, 0.5) is 0 Å². The van der Waals surface area contributed by atoms with E-state index >= 15 is 0 Å². The quantitative estimate of drug-likeness (QED) is 0.0815. The van der Waals surface area contributed by atoms with E-state index < -0.39 is 28.3 Å². The van der Waals surface area contributed by atoms with E-state index in [1.165, 1.54) is 12.8 Å². The number of hydrogen-bond donors (Lipinski definition) is 4. The molecular formula is C55H66N4O7S. The van der Waals surface area contributed by atoms with Gasteiger partial charge in [0.1, 0.15) is 6.04 Å². The minimum absolute atomic E-state index is 0.0393. The van der Waals surface area contributed by atoms with Crippen molar-refractivity contribution in [3.05, 3.63) is 161 Å². The number of carbonyl (C=O) groups excluding carboxylic acids is 2. The first kappa shape index (κ1) is 48.3. The summed E-state index contributed by atoms with van der Waals surface area (Å²) >= 11 is 0. The number of nitrogens with zero attached hydrogens (tertiary/aromatic N) is 1. The van der Waals surface area contributed by atoms with Crippen molar-refractivity contribution in [2.75, 3.05) is 6.54 Å². The smallest absolute Gasteiger partial charge is 0.241 e. The summed E-state index contributed by atoms with van der Waals surface area (Å²) in [4.78, 5) is 30.4. The molecule has 67 heavy (non-hydrogen) atoms. The zero-order valence-electron chi connectivity index (χ0n) is 39.2.